The fraction of sp³-hybridized carbons (Fsp3) is 0.480. The molecule has 0 saturated heterocycles. The summed E-state index contributed by atoms with van der Waals surface area (Å²) >= 11 is 1.73. The molecule has 2 heterocycles. The molecule has 0 unspecified atom stereocenters. The van der Waals surface area contributed by atoms with Crippen molar-refractivity contribution in [3.63, 3.8) is 0 Å². The van der Waals surface area contributed by atoms with Gasteiger partial charge >= 0.3 is 0 Å². The van der Waals surface area contributed by atoms with Crippen LogP contribution in [0.15, 0.2) is 48.4 Å². The van der Waals surface area contributed by atoms with E-state index < -0.39 is 5.60 Å². The quantitative estimate of drug-likeness (QED) is 0.547. The van der Waals surface area contributed by atoms with Crippen LogP contribution in [0.2, 0.25) is 0 Å². The van der Waals surface area contributed by atoms with Gasteiger partial charge in [-0.15, -0.1) is 17.9 Å². The molecule has 32 heavy (non-hydrogen) atoms. The lowest BCUT2D eigenvalue weighted by Crippen LogP contribution is -2.53. The van der Waals surface area contributed by atoms with Gasteiger partial charge in [0.05, 0.1) is 25.3 Å². The van der Waals surface area contributed by atoms with E-state index >= 15 is 0 Å². The minimum atomic E-state index is -0.928. The Kier molecular flexibility index (Phi) is 7.98. The van der Waals surface area contributed by atoms with Crippen LogP contribution in [0, 0.1) is 0 Å². The molecule has 6 nitrogen and oxygen atoms in total. The normalized spacial score (nSPS) is 17.1. The van der Waals surface area contributed by atoms with Crippen LogP contribution < -0.4 is 9.47 Å². The molecule has 1 aliphatic rings. The van der Waals surface area contributed by atoms with Crippen molar-refractivity contribution in [1.82, 2.24) is 9.80 Å². The summed E-state index contributed by atoms with van der Waals surface area (Å²) in [6, 6.07) is 9.23. The lowest BCUT2D eigenvalue weighted by molar-refractivity contribution is -0.137. The maximum Gasteiger partial charge on any atom is 0.237 e. The number of aliphatic hydroxyl groups is 1. The zero-order chi connectivity index (χ0) is 23.3. The number of benzene rings is 1. The average Bonchev–Trinajstić information content (AvgIpc) is 3.25. The topological polar surface area (TPSA) is 62.2 Å². The Labute approximate surface area is 195 Å². The highest BCUT2D eigenvalue weighted by Crippen LogP contribution is 2.34. The van der Waals surface area contributed by atoms with E-state index in [1.54, 1.807) is 38.4 Å². The highest BCUT2D eigenvalue weighted by molar-refractivity contribution is 7.10. The van der Waals surface area contributed by atoms with Gasteiger partial charge < -0.3 is 19.5 Å². The number of amides is 1. The second-order valence-electron chi connectivity index (χ2n) is 8.69. The van der Waals surface area contributed by atoms with Gasteiger partial charge in [-0.2, -0.15) is 0 Å². The Morgan fingerprint density at radius 2 is 2.03 bits per heavy atom. The van der Waals surface area contributed by atoms with Crippen molar-refractivity contribution in [3.05, 3.63) is 58.8 Å². The van der Waals surface area contributed by atoms with Crippen molar-refractivity contribution in [2.24, 2.45) is 0 Å². The second kappa shape index (κ2) is 10.5. The summed E-state index contributed by atoms with van der Waals surface area (Å²) in [5, 5.41) is 12.6. The van der Waals surface area contributed by atoms with Crippen LogP contribution in [0.5, 0.6) is 11.5 Å². The molecular weight excluding hydrogens is 424 g/mol. The lowest BCUT2D eigenvalue weighted by Gasteiger charge is -2.40. The number of carbonyl (C=O) groups is 1. The summed E-state index contributed by atoms with van der Waals surface area (Å²) in [7, 11) is 1.63. The largest absolute Gasteiger partial charge is 0.497 e. The van der Waals surface area contributed by atoms with Crippen LogP contribution in [-0.4, -0.2) is 65.8 Å². The van der Waals surface area contributed by atoms with Crippen LogP contribution in [-0.2, 0) is 11.2 Å². The molecule has 0 fully saturated rings. The van der Waals surface area contributed by atoms with Crippen LogP contribution in [0.1, 0.15) is 37.3 Å². The Bertz CT molecular complexity index is 903. The highest BCUT2D eigenvalue weighted by atomic mass is 32.1. The number of thiophene rings is 1. The van der Waals surface area contributed by atoms with E-state index in [0.717, 1.165) is 23.5 Å². The molecule has 2 aromatic rings. The van der Waals surface area contributed by atoms with E-state index in [1.807, 2.05) is 41.0 Å². The predicted octanol–water partition coefficient (Wildman–Crippen LogP) is 3.91. The standard InChI is InChI=1S/C25H34N2O4S/c1-6-13-26(18(2)25(3,4)29)16-24(28)27-14-11-23-21(12-15-32-23)22(27)17-31-20-9-7-19(30-5)8-10-20/h6-10,12,15,18,22,29H,1,11,13-14,16-17H2,2-5H3/t18-,22-/m1/s1. The molecule has 3 rings (SSSR count). The number of ether oxygens (including phenoxy) is 2. The Morgan fingerprint density at radius 1 is 1.34 bits per heavy atom. The molecule has 1 aliphatic heterocycles. The first kappa shape index (κ1) is 24.3. The van der Waals surface area contributed by atoms with Crippen molar-refractivity contribution in [2.75, 3.05) is 33.4 Å². The van der Waals surface area contributed by atoms with Gasteiger partial charge in [-0.05, 0) is 68.5 Å². The molecule has 1 aromatic heterocycles. The number of hydrogen-bond acceptors (Lipinski definition) is 6. The molecule has 1 N–H and O–H groups in total. The van der Waals surface area contributed by atoms with E-state index in [0.29, 0.717) is 19.7 Å². The Morgan fingerprint density at radius 3 is 2.66 bits per heavy atom. The SMILES string of the molecule is C=CCN(CC(=O)N1CCc2sccc2[C@H]1COc1ccc(OC)cc1)[C@H](C)C(C)(C)O. The number of rotatable bonds is 10. The summed E-state index contributed by atoms with van der Waals surface area (Å²) in [4.78, 5) is 18.7. The zero-order valence-electron chi connectivity index (χ0n) is 19.4. The van der Waals surface area contributed by atoms with Crippen molar-refractivity contribution < 1.29 is 19.4 Å². The van der Waals surface area contributed by atoms with Gasteiger partial charge in [0.2, 0.25) is 5.91 Å². The summed E-state index contributed by atoms with van der Waals surface area (Å²) < 4.78 is 11.3. The molecule has 0 spiro atoms. The molecule has 1 aromatic carbocycles. The van der Waals surface area contributed by atoms with Gasteiger partial charge in [0, 0.05) is 24.0 Å². The number of methoxy groups -OCH3 is 1. The van der Waals surface area contributed by atoms with E-state index in [4.69, 9.17) is 9.47 Å². The molecule has 174 valence electrons. The second-order valence-corrected chi connectivity index (χ2v) is 9.69. The summed E-state index contributed by atoms with van der Waals surface area (Å²) in [6.07, 6.45) is 2.62. The Balaban J connectivity index is 1.76. The number of nitrogens with zero attached hydrogens (tertiary/aromatic N) is 2. The van der Waals surface area contributed by atoms with Gasteiger partial charge in [-0.3, -0.25) is 9.69 Å². The minimum absolute atomic E-state index is 0.0307. The van der Waals surface area contributed by atoms with Gasteiger partial charge in [-0.1, -0.05) is 6.08 Å². The number of carbonyl (C=O) groups excluding carboxylic acids is 1. The fourth-order valence-corrected chi connectivity index (χ4v) is 4.89. The molecule has 0 bridgehead atoms. The van der Waals surface area contributed by atoms with Crippen molar-refractivity contribution >= 4 is 17.2 Å². The highest BCUT2D eigenvalue weighted by Gasteiger charge is 2.35. The third-order valence-electron chi connectivity index (χ3n) is 6.15. The first-order valence-corrected chi connectivity index (χ1v) is 11.8. The fourth-order valence-electron chi connectivity index (χ4n) is 3.96. The lowest BCUT2D eigenvalue weighted by atomic mass is 9.98. The smallest absolute Gasteiger partial charge is 0.237 e. The van der Waals surface area contributed by atoms with E-state index in [9.17, 15) is 9.90 Å². The molecule has 7 heteroatoms. The first-order valence-electron chi connectivity index (χ1n) is 10.9. The zero-order valence-corrected chi connectivity index (χ0v) is 20.2. The minimum Gasteiger partial charge on any atom is -0.497 e. The molecule has 0 saturated carbocycles. The van der Waals surface area contributed by atoms with Crippen LogP contribution in [0.3, 0.4) is 0 Å². The number of hydrogen-bond donors (Lipinski definition) is 1. The average molecular weight is 459 g/mol. The van der Waals surface area contributed by atoms with Gasteiger partial charge in [0.15, 0.2) is 0 Å². The van der Waals surface area contributed by atoms with Gasteiger partial charge in [0.1, 0.15) is 18.1 Å². The molecule has 0 aliphatic carbocycles. The van der Waals surface area contributed by atoms with Crippen LogP contribution in [0.25, 0.3) is 0 Å². The van der Waals surface area contributed by atoms with E-state index in [1.165, 1.54) is 4.88 Å². The van der Waals surface area contributed by atoms with Crippen molar-refractivity contribution in [2.45, 2.75) is 44.9 Å². The van der Waals surface area contributed by atoms with Crippen LogP contribution >= 0.6 is 11.3 Å². The molecule has 1 amide bonds. The monoisotopic (exact) mass is 458 g/mol. The van der Waals surface area contributed by atoms with Crippen molar-refractivity contribution in [3.8, 4) is 11.5 Å². The molecular formula is C25H34N2O4S. The maximum atomic E-state index is 13.5. The molecule has 2 atom stereocenters. The van der Waals surface area contributed by atoms with E-state index in [-0.39, 0.29) is 24.5 Å². The third-order valence-corrected chi connectivity index (χ3v) is 7.15. The summed E-state index contributed by atoms with van der Waals surface area (Å²) in [5.41, 5.74) is 0.233. The predicted molar refractivity (Wildman–Crippen MR) is 128 cm³/mol. The first-order chi connectivity index (χ1) is 15.2. The molecule has 0 radical (unpaired) electrons. The van der Waals surface area contributed by atoms with Gasteiger partial charge in [0.25, 0.3) is 0 Å². The maximum absolute atomic E-state index is 13.5. The van der Waals surface area contributed by atoms with Gasteiger partial charge in [-0.25, -0.2) is 0 Å². The van der Waals surface area contributed by atoms with Crippen LogP contribution in [0.4, 0.5) is 0 Å². The number of fused-ring (bicyclic) bond motifs is 1. The van der Waals surface area contributed by atoms with Crippen molar-refractivity contribution in [1.29, 1.82) is 0 Å². The summed E-state index contributed by atoms with van der Waals surface area (Å²) in [5.74, 6) is 1.54. The summed E-state index contributed by atoms with van der Waals surface area (Å²) in [6.45, 7) is 11.1. The van der Waals surface area contributed by atoms with E-state index in [2.05, 4.69) is 18.0 Å². The third kappa shape index (κ3) is 5.71. The Hall–Kier alpha value is -2.35.